The minimum atomic E-state index is -0.0611. The van der Waals surface area contributed by atoms with E-state index in [1.165, 1.54) is 22.7 Å². The Morgan fingerprint density at radius 3 is 1.54 bits per heavy atom. The first kappa shape index (κ1) is 17.7. The molecule has 1 aliphatic rings. The van der Waals surface area contributed by atoms with Crippen LogP contribution >= 0.6 is 45.9 Å². The lowest BCUT2D eigenvalue weighted by atomic mass is 10.1. The molecule has 1 saturated heterocycles. The predicted octanol–water partition coefficient (Wildman–Crippen LogP) is 4.49. The highest BCUT2D eigenvalue weighted by molar-refractivity contribution is 7.18. The van der Waals surface area contributed by atoms with Crippen molar-refractivity contribution in [2.24, 2.45) is 0 Å². The first-order valence-corrected chi connectivity index (χ1v) is 9.88. The second-order valence-corrected chi connectivity index (χ2v) is 9.25. The summed E-state index contributed by atoms with van der Waals surface area (Å²) in [6, 6.07) is 6.83. The molecule has 0 aromatic carbocycles. The molecule has 128 valence electrons. The highest BCUT2D eigenvalue weighted by Crippen LogP contribution is 2.28. The molecule has 3 heterocycles. The molecule has 2 atom stereocenters. The Morgan fingerprint density at radius 1 is 0.875 bits per heavy atom. The van der Waals surface area contributed by atoms with Gasteiger partial charge in [-0.05, 0) is 38.1 Å². The Balaban J connectivity index is 1.74. The van der Waals surface area contributed by atoms with Crippen molar-refractivity contribution in [3.63, 3.8) is 0 Å². The Hall–Kier alpha value is -1.08. The molecule has 0 N–H and O–H groups in total. The van der Waals surface area contributed by atoms with Crippen LogP contribution in [0.4, 0.5) is 0 Å². The fourth-order valence-corrected chi connectivity index (χ4v) is 4.83. The lowest BCUT2D eigenvalue weighted by Gasteiger charge is -2.43. The molecular formula is C16H16Cl2N2O2S2. The van der Waals surface area contributed by atoms with Crippen LogP contribution in [0.1, 0.15) is 33.2 Å². The standard InChI is InChI=1S/C16H16Cl2N2O2S2/c1-9-7-20(16(22)12-4-6-14(18)24-12)10(2)8-19(9)15(21)11-3-5-13(17)23-11/h3-6,9-10H,7-8H2,1-2H3/t9-,10+. The largest absolute Gasteiger partial charge is 0.331 e. The van der Waals surface area contributed by atoms with Gasteiger partial charge in [0, 0.05) is 25.2 Å². The molecule has 0 aliphatic carbocycles. The Kier molecular flexibility index (Phi) is 5.20. The molecule has 0 bridgehead atoms. The molecule has 0 radical (unpaired) electrons. The summed E-state index contributed by atoms with van der Waals surface area (Å²) < 4.78 is 1.20. The number of amides is 2. The van der Waals surface area contributed by atoms with Gasteiger partial charge in [-0.15, -0.1) is 22.7 Å². The molecule has 4 nitrogen and oxygen atoms in total. The lowest BCUT2D eigenvalue weighted by molar-refractivity contribution is 0.0275. The van der Waals surface area contributed by atoms with Gasteiger partial charge in [0.25, 0.3) is 11.8 Å². The number of thiophene rings is 2. The highest BCUT2D eigenvalue weighted by Gasteiger charge is 2.35. The minimum Gasteiger partial charge on any atom is -0.331 e. The molecule has 1 aliphatic heterocycles. The first-order valence-electron chi connectivity index (χ1n) is 7.49. The average Bonchev–Trinajstić information content (AvgIpc) is 3.16. The zero-order valence-corrected chi connectivity index (χ0v) is 16.3. The van der Waals surface area contributed by atoms with E-state index >= 15 is 0 Å². The van der Waals surface area contributed by atoms with Crippen molar-refractivity contribution in [3.8, 4) is 0 Å². The van der Waals surface area contributed by atoms with Crippen molar-refractivity contribution in [3.05, 3.63) is 42.7 Å². The number of carbonyl (C=O) groups is 2. The molecule has 2 amide bonds. The third-order valence-corrected chi connectivity index (χ3v) is 6.51. The molecular weight excluding hydrogens is 387 g/mol. The smallest absolute Gasteiger partial charge is 0.264 e. The lowest BCUT2D eigenvalue weighted by Crippen LogP contribution is -2.59. The zero-order chi connectivity index (χ0) is 17.4. The van der Waals surface area contributed by atoms with Crippen molar-refractivity contribution in [1.82, 2.24) is 9.80 Å². The molecule has 3 rings (SSSR count). The SMILES string of the molecule is C[C@@H]1CN(C(=O)c2ccc(Cl)s2)[C@@H](C)CN1C(=O)c1ccc(Cl)s1. The summed E-state index contributed by atoms with van der Waals surface area (Å²) >= 11 is 14.4. The van der Waals surface area contributed by atoms with Gasteiger partial charge in [0.2, 0.25) is 0 Å². The molecule has 1 fully saturated rings. The summed E-state index contributed by atoms with van der Waals surface area (Å²) in [6.07, 6.45) is 0. The van der Waals surface area contributed by atoms with Crippen LogP contribution in [0, 0.1) is 0 Å². The molecule has 0 spiro atoms. The Labute approximate surface area is 158 Å². The van der Waals surface area contributed by atoms with Crippen LogP contribution in [0.2, 0.25) is 8.67 Å². The topological polar surface area (TPSA) is 40.6 Å². The molecule has 0 unspecified atom stereocenters. The predicted molar refractivity (Wildman–Crippen MR) is 99.7 cm³/mol. The van der Waals surface area contributed by atoms with Gasteiger partial charge < -0.3 is 9.80 Å². The molecule has 2 aromatic rings. The molecule has 24 heavy (non-hydrogen) atoms. The van der Waals surface area contributed by atoms with Crippen LogP contribution in [0.3, 0.4) is 0 Å². The van der Waals surface area contributed by atoms with Crippen LogP contribution in [-0.2, 0) is 0 Å². The Bertz CT molecular complexity index is 709. The normalized spacial score (nSPS) is 21.2. The van der Waals surface area contributed by atoms with Gasteiger partial charge in [0.1, 0.15) is 0 Å². The number of hydrogen-bond donors (Lipinski definition) is 0. The monoisotopic (exact) mass is 402 g/mol. The van der Waals surface area contributed by atoms with E-state index in [0.717, 1.165) is 0 Å². The van der Waals surface area contributed by atoms with E-state index in [1.54, 1.807) is 24.3 Å². The van der Waals surface area contributed by atoms with E-state index in [4.69, 9.17) is 23.2 Å². The number of piperazine rings is 1. The average molecular weight is 403 g/mol. The van der Waals surface area contributed by atoms with Gasteiger partial charge in [-0.2, -0.15) is 0 Å². The maximum atomic E-state index is 12.7. The van der Waals surface area contributed by atoms with E-state index in [1.807, 2.05) is 23.6 Å². The summed E-state index contributed by atoms with van der Waals surface area (Å²) in [5.74, 6) is -0.0602. The summed E-state index contributed by atoms with van der Waals surface area (Å²) in [5, 5.41) is 0. The van der Waals surface area contributed by atoms with E-state index in [9.17, 15) is 9.59 Å². The summed E-state index contributed by atoms with van der Waals surface area (Å²) in [6.45, 7) is 4.92. The van der Waals surface area contributed by atoms with Crippen LogP contribution < -0.4 is 0 Å². The van der Waals surface area contributed by atoms with Gasteiger partial charge in [0.15, 0.2) is 0 Å². The van der Waals surface area contributed by atoms with Gasteiger partial charge >= 0.3 is 0 Å². The number of hydrogen-bond acceptors (Lipinski definition) is 4. The third-order valence-electron chi connectivity index (χ3n) is 4.08. The van der Waals surface area contributed by atoms with E-state index in [2.05, 4.69) is 0 Å². The third kappa shape index (κ3) is 3.47. The summed E-state index contributed by atoms with van der Waals surface area (Å²) in [7, 11) is 0. The second kappa shape index (κ2) is 7.04. The first-order chi connectivity index (χ1) is 11.4. The second-order valence-electron chi connectivity index (χ2n) is 5.82. The van der Waals surface area contributed by atoms with Crippen LogP contribution in [0.5, 0.6) is 0 Å². The fraction of sp³-hybridized carbons (Fsp3) is 0.375. The zero-order valence-electron chi connectivity index (χ0n) is 13.2. The van der Waals surface area contributed by atoms with Crippen LogP contribution in [0.25, 0.3) is 0 Å². The van der Waals surface area contributed by atoms with Gasteiger partial charge in [0.05, 0.1) is 18.4 Å². The van der Waals surface area contributed by atoms with Crippen molar-refractivity contribution in [1.29, 1.82) is 0 Å². The summed E-state index contributed by atoms with van der Waals surface area (Å²) in [4.78, 5) is 30.2. The fourth-order valence-electron chi connectivity index (χ4n) is 2.83. The van der Waals surface area contributed by atoms with Gasteiger partial charge in [-0.1, -0.05) is 23.2 Å². The highest BCUT2D eigenvalue weighted by atomic mass is 35.5. The van der Waals surface area contributed by atoms with Crippen molar-refractivity contribution < 1.29 is 9.59 Å². The molecule has 2 aromatic heterocycles. The summed E-state index contributed by atoms with van der Waals surface area (Å²) in [5.41, 5.74) is 0. The molecule has 8 heteroatoms. The van der Waals surface area contributed by atoms with Crippen LogP contribution in [-0.4, -0.2) is 46.8 Å². The van der Waals surface area contributed by atoms with E-state index in [0.29, 0.717) is 31.5 Å². The van der Waals surface area contributed by atoms with E-state index < -0.39 is 0 Å². The van der Waals surface area contributed by atoms with Crippen LogP contribution in [0.15, 0.2) is 24.3 Å². The maximum Gasteiger partial charge on any atom is 0.264 e. The minimum absolute atomic E-state index is 0.0301. The van der Waals surface area contributed by atoms with Crippen molar-refractivity contribution in [2.75, 3.05) is 13.1 Å². The van der Waals surface area contributed by atoms with E-state index in [-0.39, 0.29) is 23.9 Å². The van der Waals surface area contributed by atoms with Crippen molar-refractivity contribution in [2.45, 2.75) is 25.9 Å². The molecule has 0 saturated carbocycles. The number of carbonyl (C=O) groups excluding carboxylic acids is 2. The maximum absolute atomic E-state index is 12.7. The van der Waals surface area contributed by atoms with Crippen molar-refractivity contribution >= 4 is 57.7 Å². The quantitative estimate of drug-likeness (QED) is 0.741. The number of halogens is 2. The Morgan fingerprint density at radius 2 is 1.25 bits per heavy atom. The number of rotatable bonds is 2. The van der Waals surface area contributed by atoms with Gasteiger partial charge in [-0.25, -0.2) is 0 Å². The van der Waals surface area contributed by atoms with Gasteiger partial charge in [-0.3, -0.25) is 9.59 Å². The number of nitrogens with zero attached hydrogens (tertiary/aromatic N) is 2.